The number of carbonyl (C=O) groups excluding carboxylic acids is 1. The highest BCUT2D eigenvalue weighted by molar-refractivity contribution is 9.11. The van der Waals surface area contributed by atoms with Gasteiger partial charge in [0.2, 0.25) is 0 Å². The van der Waals surface area contributed by atoms with Gasteiger partial charge >= 0.3 is 0 Å². The molecular weight excluding hydrogens is 660 g/mol. The van der Waals surface area contributed by atoms with E-state index >= 15 is 0 Å². The van der Waals surface area contributed by atoms with E-state index in [4.69, 9.17) is 21.3 Å². The van der Waals surface area contributed by atoms with E-state index in [1.165, 1.54) is 11.8 Å². The summed E-state index contributed by atoms with van der Waals surface area (Å²) in [6.45, 7) is 4.39. The zero-order valence-corrected chi connectivity index (χ0v) is 25.9. The van der Waals surface area contributed by atoms with Crippen LogP contribution in [0.15, 0.2) is 104 Å². The molecule has 0 aliphatic carbocycles. The molecule has 0 bridgehead atoms. The van der Waals surface area contributed by atoms with Crippen molar-refractivity contribution in [1.29, 1.82) is 0 Å². The van der Waals surface area contributed by atoms with Crippen molar-refractivity contribution in [1.82, 2.24) is 0 Å². The van der Waals surface area contributed by atoms with Crippen LogP contribution in [0.2, 0.25) is 5.02 Å². The standard InChI is InChI=1S/C31H23Br2ClN2O2S/c1-19-7-11-23(12-8-19)35-31-36(24-13-9-20(2)10-14-24)30(37)28(39-31)17-21-15-25(32)29(26(33)16-21)38-18-22-5-3-4-6-27(22)34/h3-17H,18H2,1-2H3/b28-17-,35-31?. The van der Waals surface area contributed by atoms with E-state index in [1.807, 2.05) is 105 Å². The van der Waals surface area contributed by atoms with Gasteiger partial charge in [-0.05, 0) is 112 Å². The van der Waals surface area contributed by atoms with E-state index in [0.717, 1.165) is 42.6 Å². The number of aliphatic imine (C=N–C) groups is 1. The van der Waals surface area contributed by atoms with Crippen LogP contribution in [-0.2, 0) is 11.4 Å². The van der Waals surface area contributed by atoms with Crippen LogP contribution in [-0.4, -0.2) is 11.1 Å². The van der Waals surface area contributed by atoms with Crippen molar-refractivity contribution in [2.45, 2.75) is 20.5 Å². The SMILES string of the molecule is Cc1ccc(N=C2S/C(=C\c3cc(Br)c(OCc4ccccc4Cl)c(Br)c3)C(=O)N2c2ccc(C)cc2)cc1. The summed E-state index contributed by atoms with van der Waals surface area (Å²) in [6, 6.07) is 27.3. The van der Waals surface area contributed by atoms with Crippen LogP contribution < -0.4 is 9.64 Å². The first-order chi connectivity index (χ1) is 18.8. The number of anilines is 1. The number of halogens is 3. The highest BCUT2D eigenvalue weighted by Crippen LogP contribution is 2.40. The summed E-state index contributed by atoms with van der Waals surface area (Å²) in [5.74, 6) is 0.534. The molecule has 1 aliphatic rings. The Morgan fingerprint density at radius 1 is 0.923 bits per heavy atom. The lowest BCUT2D eigenvalue weighted by atomic mass is 10.2. The molecule has 8 heteroatoms. The van der Waals surface area contributed by atoms with Gasteiger partial charge in [0.15, 0.2) is 5.17 Å². The first-order valence-electron chi connectivity index (χ1n) is 12.1. The molecule has 0 spiro atoms. The maximum atomic E-state index is 13.7. The molecule has 39 heavy (non-hydrogen) atoms. The molecule has 1 fully saturated rings. The average Bonchev–Trinajstić information content (AvgIpc) is 3.20. The number of hydrogen-bond donors (Lipinski definition) is 0. The van der Waals surface area contributed by atoms with Gasteiger partial charge in [-0.1, -0.05) is 65.2 Å². The molecule has 4 aromatic carbocycles. The van der Waals surface area contributed by atoms with Gasteiger partial charge in [-0.2, -0.15) is 0 Å². The maximum Gasteiger partial charge on any atom is 0.271 e. The molecule has 1 aliphatic heterocycles. The van der Waals surface area contributed by atoms with E-state index in [9.17, 15) is 4.79 Å². The van der Waals surface area contributed by atoms with Crippen molar-refractivity contribution >= 4 is 83.7 Å². The smallest absolute Gasteiger partial charge is 0.271 e. The molecule has 4 nitrogen and oxygen atoms in total. The summed E-state index contributed by atoms with van der Waals surface area (Å²) < 4.78 is 7.58. The van der Waals surface area contributed by atoms with E-state index in [1.54, 1.807) is 4.90 Å². The van der Waals surface area contributed by atoms with E-state index in [-0.39, 0.29) is 5.91 Å². The minimum atomic E-state index is -0.124. The lowest BCUT2D eigenvalue weighted by Gasteiger charge is -2.16. The van der Waals surface area contributed by atoms with Gasteiger partial charge in [-0.25, -0.2) is 4.99 Å². The molecule has 0 unspecified atom stereocenters. The second-order valence-electron chi connectivity index (χ2n) is 9.01. The molecule has 0 radical (unpaired) electrons. The molecular formula is C31H23Br2ClN2O2S. The Bertz CT molecular complexity index is 1580. The molecule has 1 saturated heterocycles. The van der Waals surface area contributed by atoms with Gasteiger partial charge in [0.05, 0.1) is 25.2 Å². The Balaban J connectivity index is 1.45. The minimum absolute atomic E-state index is 0.124. The number of hydrogen-bond acceptors (Lipinski definition) is 4. The number of thioether (sulfide) groups is 1. The Kier molecular flexibility index (Phi) is 8.62. The van der Waals surface area contributed by atoms with Crippen LogP contribution in [0.1, 0.15) is 22.3 Å². The number of carbonyl (C=O) groups is 1. The molecule has 1 amide bonds. The average molecular weight is 683 g/mol. The third-order valence-electron chi connectivity index (χ3n) is 6.01. The second-order valence-corrected chi connectivity index (χ2v) is 12.1. The highest BCUT2D eigenvalue weighted by atomic mass is 79.9. The number of nitrogens with zero attached hydrogens (tertiary/aromatic N) is 2. The third-order valence-corrected chi connectivity index (χ3v) is 8.52. The number of aryl methyl sites for hydroxylation is 2. The maximum absolute atomic E-state index is 13.7. The van der Waals surface area contributed by atoms with E-state index in [2.05, 4.69) is 31.9 Å². The largest absolute Gasteiger partial charge is 0.486 e. The predicted molar refractivity (Wildman–Crippen MR) is 170 cm³/mol. The predicted octanol–water partition coefficient (Wildman–Crippen LogP) is 9.87. The molecule has 4 aromatic rings. The fourth-order valence-electron chi connectivity index (χ4n) is 3.92. The van der Waals surface area contributed by atoms with E-state index in [0.29, 0.717) is 27.5 Å². The zero-order valence-electron chi connectivity index (χ0n) is 21.1. The first-order valence-corrected chi connectivity index (χ1v) is 14.9. The quantitative estimate of drug-likeness (QED) is 0.190. The molecule has 0 saturated carbocycles. The lowest BCUT2D eigenvalue weighted by Crippen LogP contribution is -2.28. The van der Waals surface area contributed by atoms with Crippen LogP contribution in [0.5, 0.6) is 5.75 Å². The molecule has 0 atom stereocenters. The van der Waals surface area contributed by atoms with Gasteiger partial charge in [-0.3, -0.25) is 9.69 Å². The van der Waals surface area contributed by atoms with Gasteiger partial charge in [0.1, 0.15) is 12.4 Å². The fraction of sp³-hybridized carbons (Fsp3) is 0.0968. The van der Waals surface area contributed by atoms with Crippen molar-refractivity contribution < 1.29 is 9.53 Å². The molecule has 5 rings (SSSR count). The van der Waals surface area contributed by atoms with Crippen molar-refractivity contribution in [3.63, 3.8) is 0 Å². The second kappa shape index (κ2) is 12.1. The Morgan fingerprint density at radius 3 is 2.18 bits per heavy atom. The molecule has 196 valence electrons. The highest BCUT2D eigenvalue weighted by Gasteiger charge is 2.34. The van der Waals surface area contributed by atoms with Crippen LogP contribution in [0.3, 0.4) is 0 Å². The van der Waals surface area contributed by atoms with E-state index < -0.39 is 0 Å². The fourth-order valence-corrected chi connectivity index (χ4v) is 6.56. The summed E-state index contributed by atoms with van der Waals surface area (Å²) in [5.41, 5.74) is 5.58. The van der Waals surface area contributed by atoms with Gasteiger partial charge in [0.25, 0.3) is 5.91 Å². The first kappa shape index (κ1) is 27.7. The number of ether oxygens (including phenoxy) is 1. The molecule has 0 N–H and O–H groups in total. The van der Waals surface area contributed by atoms with Crippen LogP contribution in [0.4, 0.5) is 11.4 Å². The summed E-state index contributed by atoms with van der Waals surface area (Å²) in [4.78, 5) is 20.7. The number of amides is 1. The lowest BCUT2D eigenvalue weighted by molar-refractivity contribution is -0.113. The number of amidine groups is 1. The molecule has 1 heterocycles. The van der Waals surface area contributed by atoms with Crippen molar-refractivity contribution in [3.05, 3.63) is 126 Å². The van der Waals surface area contributed by atoms with Crippen molar-refractivity contribution in [2.75, 3.05) is 4.90 Å². The summed E-state index contributed by atoms with van der Waals surface area (Å²) in [5, 5.41) is 1.26. The zero-order chi connectivity index (χ0) is 27.5. The van der Waals surface area contributed by atoms with Crippen molar-refractivity contribution in [2.24, 2.45) is 4.99 Å². The molecule has 0 aromatic heterocycles. The van der Waals surface area contributed by atoms with Crippen LogP contribution in [0.25, 0.3) is 6.08 Å². The van der Waals surface area contributed by atoms with Crippen LogP contribution in [0, 0.1) is 13.8 Å². The normalized spacial score (nSPS) is 15.4. The Morgan fingerprint density at radius 2 is 1.54 bits per heavy atom. The number of benzene rings is 4. The minimum Gasteiger partial charge on any atom is -0.486 e. The third kappa shape index (κ3) is 6.49. The van der Waals surface area contributed by atoms with Crippen molar-refractivity contribution in [3.8, 4) is 5.75 Å². The monoisotopic (exact) mass is 680 g/mol. The van der Waals surface area contributed by atoms with Gasteiger partial charge in [-0.15, -0.1) is 0 Å². The van der Waals surface area contributed by atoms with Gasteiger partial charge in [0, 0.05) is 10.6 Å². The summed E-state index contributed by atoms with van der Waals surface area (Å²) in [6.07, 6.45) is 1.87. The van der Waals surface area contributed by atoms with Crippen LogP contribution >= 0.6 is 55.2 Å². The summed E-state index contributed by atoms with van der Waals surface area (Å²) in [7, 11) is 0. The van der Waals surface area contributed by atoms with Gasteiger partial charge < -0.3 is 4.74 Å². The Hall–Kier alpha value is -2.84. The topological polar surface area (TPSA) is 41.9 Å². The number of rotatable bonds is 6. The Labute approximate surface area is 254 Å². The summed E-state index contributed by atoms with van der Waals surface area (Å²) >= 11 is 14.9.